The van der Waals surface area contributed by atoms with Gasteiger partial charge in [-0.15, -0.1) is 0 Å². The van der Waals surface area contributed by atoms with E-state index in [1.54, 1.807) is 12.1 Å². The Morgan fingerprint density at radius 2 is 1.63 bits per heavy atom. The SMILES string of the molecule is CN(CCCCC[C@H]1C2C(CC[C@@]3(C)C2C[C@@H](O)C32CC2)c2ccc(O)cc2[C@@H]1F)CCCS(=O)(=O)CCCC(F)(F)C(F)(F)F. The molecule has 5 rings (SSSR count). The van der Waals surface area contributed by atoms with Crippen LogP contribution < -0.4 is 0 Å². The van der Waals surface area contributed by atoms with Crippen LogP contribution in [0.3, 0.4) is 0 Å². The first kappa shape index (κ1) is 35.8. The van der Waals surface area contributed by atoms with Crippen molar-refractivity contribution in [1.82, 2.24) is 4.90 Å². The molecule has 0 heterocycles. The van der Waals surface area contributed by atoms with Gasteiger partial charge in [0.25, 0.3) is 0 Å². The highest BCUT2D eigenvalue weighted by Gasteiger charge is 2.71. The van der Waals surface area contributed by atoms with E-state index in [2.05, 4.69) is 6.92 Å². The number of phenolic OH excluding ortho intramolecular Hbond substituents is 1. The molecule has 3 saturated carbocycles. The highest BCUT2D eigenvalue weighted by molar-refractivity contribution is 7.91. The molecule has 1 spiro atoms. The lowest BCUT2D eigenvalue weighted by Gasteiger charge is -2.54. The van der Waals surface area contributed by atoms with Gasteiger partial charge >= 0.3 is 12.1 Å². The summed E-state index contributed by atoms with van der Waals surface area (Å²) in [6, 6.07) is 5.16. The molecule has 0 bridgehead atoms. The maximum absolute atomic E-state index is 16.4. The lowest BCUT2D eigenvalue weighted by molar-refractivity contribution is -0.284. The minimum atomic E-state index is -5.68. The van der Waals surface area contributed by atoms with E-state index in [0.29, 0.717) is 25.1 Å². The van der Waals surface area contributed by atoms with E-state index in [4.69, 9.17) is 0 Å². The van der Waals surface area contributed by atoms with Crippen LogP contribution in [-0.4, -0.2) is 73.4 Å². The predicted octanol–water partition coefficient (Wildman–Crippen LogP) is 7.97. The van der Waals surface area contributed by atoms with Crippen molar-refractivity contribution in [3.8, 4) is 5.75 Å². The number of hydrogen-bond acceptors (Lipinski definition) is 5. The average molecular weight is 682 g/mol. The van der Waals surface area contributed by atoms with Gasteiger partial charge in [-0.05, 0) is 130 Å². The van der Waals surface area contributed by atoms with Crippen LogP contribution in [0.15, 0.2) is 18.2 Å². The van der Waals surface area contributed by atoms with E-state index in [0.717, 1.165) is 56.9 Å². The third-order valence-electron chi connectivity index (χ3n) is 12.3. The largest absolute Gasteiger partial charge is 0.508 e. The Hall–Kier alpha value is -1.53. The van der Waals surface area contributed by atoms with Crippen LogP contribution in [0.1, 0.15) is 107 Å². The number of fused-ring (bicyclic) bond motifs is 6. The number of sulfone groups is 1. The summed E-state index contributed by atoms with van der Waals surface area (Å²) in [5.41, 5.74) is 1.63. The standard InChI is InChI=1S/C34H49F6NO4S/c1-31-13-11-24-23-10-9-22(42)20-26(23)30(35)25(29(24)27(31)21-28(43)32(31)14-15-32)8-4-3-5-16-41(2)17-7-19-46(44,45)18-6-12-33(36,37)34(38,39)40/h9-10,20,24-25,27-30,42-43H,3-8,11-19,21H2,1-2H3/t24?,25-,27?,28+,29?,30+,31-/m0/s1. The van der Waals surface area contributed by atoms with E-state index in [1.807, 2.05) is 18.0 Å². The van der Waals surface area contributed by atoms with Crippen LogP contribution in [0.4, 0.5) is 26.3 Å². The maximum Gasteiger partial charge on any atom is 0.453 e. The van der Waals surface area contributed by atoms with Gasteiger partial charge in [0.15, 0.2) is 0 Å². The molecule has 0 saturated heterocycles. The van der Waals surface area contributed by atoms with Crippen molar-refractivity contribution in [2.75, 3.05) is 31.6 Å². The second-order valence-corrected chi connectivity index (χ2v) is 17.3. The highest BCUT2D eigenvalue weighted by Crippen LogP contribution is 2.77. The number of phenols is 1. The first-order valence-corrected chi connectivity index (χ1v) is 18.7. The van der Waals surface area contributed by atoms with E-state index in [-0.39, 0.29) is 58.5 Å². The Kier molecular flexibility index (Phi) is 10.2. The van der Waals surface area contributed by atoms with Crippen LogP contribution in [0.25, 0.3) is 0 Å². The molecule has 1 aromatic carbocycles. The first-order chi connectivity index (χ1) is 21.4. The minimum absolute atomic E-state index is 0.0140. The van der Waals surface area contributed by atoms with Gasteiger partial charge in [-0.25, -0.2) is 12.8 Å². The van der Waals surface area contributed by atoms with Crippen molar-refractivity contribution in [2.24, 2.45) is 28.6 Å². The van der Waals surface area contributed by atoms with Crippen LogP contribution >= 0.6 is 0 Å². The summed E-state index contributed by atoms with van der Waals surface area (Å²) in [4.78, 5) is 1.97. The predicted molar refractivity (Wildman–Crippen MR) is 164 cm³/mol. The Bertz CT molecular complexity index is 1340. The van der Waals surface area contributed by atoms with Gasteiger partial charge in [-0.1, -0.05) is 25.8 Å². The number of benzene rings is 1. The summed E-state index contributed by atoms with van der Waals surface area (Å²) in [5, 5.41) is 21.3. The van der Waals surface area contributed by atoms with Crippen molar-refractivity contribution in [2.45, 2.75) is 114 Å². The zero-order valence-corrected chi connectivity index (χ0v) is 27.7. The van der Waals surface area contributed by atoms with Gasteiger partial charge in [-0.3, -0.25) is 0 Å². The van der Waals surface area contributed by atoms with Crippen LogP contribution in [0.5, 0.6) is 5.75 Å². The summed E-state index contributed by atoms with van der Waals surface area (Å²) in [6.45, 7) is 3.47. The molecule has 0 aliphatic heterocycles. The number of hydrogen-bond donors (Lipinski definition) is 2. The normalized spacial score (nSPS) is 32.0. The van der Waals surface area contributed by atoms with Gasteiger partial charge in [0.1, 0.15) is 21.8 Å². The third-order valence-corrected chi connectivity index (χ3v) is 14.2. The Labute approximate surface area is 269 Å². The molecule has 2 N–H and O–H groups in total. The molecular formula is C34H49F6NO4S. The van der Waals surface area contributed by atoms with Gasteiger partial charge in [0.2, 0.25) is 0 Å². The zero-order chi connectivity index (χ0) is 33.7. The summed E-state index contributed by atoms with van der Waals surface area (Å²) < 4.78 is 104. The smallest absolute Gasteiger partial charge is 0.453 e. The van der Waals surface area contributed by atoms with Crippen molar-refractivity contribution in [3.05, 3.63) is 29.3 Å². The molecule has 0 radical (unpaired) electrons. The minimum Gasteiger partial charge on any atom is -0.508 e. The van der Waals surface area contributed by atoms with Crippen molar-refractivity contribution in [1.29, 1.82) is 0 Å². The summed E-state index contributed by atoms with van der Waals surface area (Å²) >= 11 is 0. The molecule has 4 aliphatic carbocycles. The molecule has 7 atom stereocenters. The van der Waals surface area contributed by atoms with Crippen molar-refractivity contribution < 1.29 is 45.0 Å². The van der Waals surface area contributed by atoms with E-state index in [9.17, 15) is 40.6 Å². The first-order valence-electron chi connectivity index (χ1n) is 16.9. The van der Waals surface area contributed by atoms with Gasteiger partial charge in [-0.2, -0.15) is 22.0 Å². The van der Waals surface area contributed by atoms with Crippen molar-refractivity contribution >= 4 is 9.84 Å². The number of halogens is 6. The third kappa shape index (κ3) is 6.82. The zero-order valence-electron chi connectivity index (χ0n) is 26.8. The number of alkyl halides is 6. The van der Waals surface area contributed by atoms with Gasteiger partial charge in [0, 0.05) is 11.8 Å². The molecule has 46 heavy (non-hydrogen) atoms. The number of unbranched alkanes of at least 4 members (excludes halogenated alkanes) is 2. The van der Waals surface area contributed by atoms with E-state index in [1.165, 1.54) is 0 Å². The fourth-order valence-electron chi connectivity index (χ4n) is 9.68. The quantitative estimate of drug-likeness (QED) is 0.154. The molecule has 3 fully saturated rings. The maximum atomic E-state index is 16.4. The molecular weight excluding hydrogens is 632 g/mol. The molecule has 12 heteroatoms. The fourth-order valence-corrected chi connectivity index (χ4v) is 11.0. The Morgan fingerprint density at radius 1 is 0.957 bits per heavy atom. The average Bonchev–Trinajstić information content (AvgIpc) is 3.74. The Morgan fingerprint density at radius 3 is 2.30 bits per heavy atom. The summed E-state index contributed by atoms with van der Waals surface area (Å²) in [5.74, 6) is -5.36. The fraction of sp³-hybridized carbons (Fsp3) is 0.824. The number of rotatable bonds is 14. The highest BCUT2D eigenvalue weighted by atomic mass is 32.2. The van der Waals surface area contributed by atoms with Crippen LogP contribution in [-0.2, 0) is 9.84 Å². The number of aliphatic hydroxyl groups excluding tert-OH is 1. The molecule has 5 nitrogen and oxygen atoms in total. The van der Waals surface area contributed by atoms with E-state index < -0.39 is 46.7 Å². The van der Waals surface area contributed by atoms with Gasteiger partial charge < -0.3 is 15.1 Å². The summed E-state index contributed by atoms with van der Waals surface area (Å²) in [7, 11) is -1.89. The monoisotopic (exact) mass is 681 g/mol. The van der Waals surface area contributed by atoms with E-state index >= 15 is 4.39 Å². The molecule has 4 aliphatic rings. The molecule has 3 unspecified atom stereocenters. The van der Waals surface area contributed by atoms with Gasteiger partial charge in [0.05, 0.1) is 17.6 Å². The Balaban J connectivity index is 1.10. The number of aliphatic hydroxyl groups is 1. The molecule has 0 aromatic heterocycles. The second-order valence-electron chi connectivity index (χ2n) is 15.0. The topological polar surface area (TPSA) is 77.8 Å². The second kappa shape index (κ2) is 13.1. The molecule has 0 amide bonds. The lowest BCUT2D eigenvalue weighted by atomic mass is 9.50. The van der Waals surface area contributed by atoms with Crippen molar-refractivity contribution in [3.63, 3.8) is 0 Å². The molecule has 1 aromatic rings. The van der Waals surface area contributed by atoms with Crippen LogP contribution in [0.2, 0.25) is 0 Å². The number of aromatic hydroxyl groups is 1. The van der Waals surface area contributed by atoms with Crippen LogP contribution in [0, 0.1) is 28.6 Å². The molecule has 262 valence electrons. The number of nitrogens with zero attached hydrogens (tertiary/aromatic N) is 1. The summed E-state index contributed by atoms with van der Waals surface area (Å²) in [6.07, 6.45) is -1.18. The lowest BCUT2D eigenvalue weighted by Crippen LogP contribution is -2.47.